The Morgan fingerprint density at radius 2 is 2.14 bits per heavy atom. The van der Waals surface area contributed by atoms with Crippen molar-refractivity contribution in [3.63, 3.8) is 0 Å². The van der Waals surface area contributed by atoms with Crippen molar-refractivity contribution >= 4 is 27.7 Å². The Labute approximate surface area is 131 Å². The molecule has 0 bridgehead atoms. The summed E-state index contributed by atoms with van der Waals surface area (Å²) in [5, 5.41) is 9.67. The van der Waals surface area contributed by atoms with Crippen molar-refractivity contribution in [1.82, 2.24) is 15.6 Å². The maximum Gasteiger partial charge on any atom is 0.269 e. The van der Waals surface area contributed by atoms with E-state index in [0.29, 0.717) is 18.9 Å². The number of carbonyl (C=O) groups excluding carboxylic acids is 1. The number of aromatic nitrogens is 2. The maximum absolute atomic E-state index is 11.0. The van der Waals surface area contributed by atoms with Crippen LogP contribution < -0.4 is 16.2 Å². The molecule has 21 heavy (non-hydrogen) atoms. The molecule has 6 nitrogen and oxygen atoms in total. The summed E-state index contributed by atoms with van der Waals surface area (Å²) in [4.78, 5) is 11.0. The van der Waals surface area contributed by atoms with Gasteiger partial charge in [0.05, 0.1) is 0 Å². The first kappa shape index (κ1) is 15.4. The summed E-state index contributed by atoms with van der Waals surface area (Å²) in [6.45, 7) is 3.36. The van der Waals surface area contributed by atoms with Gasteiger partial charge in [-0.3, -0.25) is 9.80 Å². The topological polar surface area (TPSA) is 84.1 Å². The zero-order valence-electron chi connectivity index (χ0n) is 11.6. The van der Waals surface area contributed by atoms with Crippen LogP contribution in [0.2, 0.25) is 0 Å². The van der Waals surface area contributed by atoms with Crippen LogP contribution in [-0.4, -0.2) is 22.6 Å². The third-order valence-electron chi connectivity index (χ3n) is 2.86. The fourth-order valence-corrected chi connectivity index (χ4v) is 2.24. The molecule has 1 aromatic heterocycles. The Kier molecular flexibility index (Phi) is 5.24. The van der Waals surface area contributed by atoms with E-state index < -0.39 is 5.91 Å². The summed E-state index contributed by atoms with van der Waals surface area (Å²) >= 11 is 3.45. The molecule has 3 N–H and O–H groups in total. The van der Waals surface area contributed by atoms with E-state index >= 15 is 0 Å². The first-order valence-corrected chi connectivity index (χ1v) is 7.28. The van der Waals surface area contributed by atoms with Crippen molar-refractivity contribution in [2.75, 3.05) is 11.6 Å². The highest BCUT2D eigenvalue weighted by Crippen LogP contribution is 2.12. The molecule has 2 rings (SSSR count). The van der Waals surface area contributed by atoms with Crippen LogP contribution in [0.1, 0.15) is 23.0 Å². The van der Waals surface area contributed by atoms with E-state index in [4.69, 9.17) is 5.73 Å². The lowest BCUT2D eigenvalue weighted by molar-refractivity contribution is 0.0994. The average Bonchev–Trinajstić information content (AvgIpc) is 2.48. The minimum atomic E-state index is -0.584. The van der Waals surface area contributed by atoms with Crippen LogP contribution in [0.15, 0.2) is 40.9 Å². The average molecular weight is 350 g/mol. The molecule has 7 heteroatoms. The van der Waals surface area contributed by atoms with Gasteiger partial charge in [-0.1, -0.05) is 28.1 Å². The van der Waals surface area contributed by atoms with E-state index in [1.54, 1.807) is 12.1 Å². The van der Waals surface area contributed by atoms with Crippen molar-refractivity contribution in [2.24, 2.45) is 5.73 Å². The Hall–Kier alpha value is -1.99. The number of anilines is 1. The van der Waals surface area contributed by atoms with Gasteiger partial charge in [-0.15, -0.1) is 10.2 Å². The quantitative estimate of drug-likeness (QED) is 0.777. The Bertz CT molecular complexity index is 617. The van der Waals surface area contributed by atoms with Crippen molar-refractivity contribution in [1.29, 1.82) is 0 Å². The van der Waals surface area contributed by atoms with Crippen molar-refractivity contribution in [3.05, 3.63) is 52.1 Å². The zero-order valence-corrected chi connectivity index (χ0v) is 13.2. The molecular formula is C14H16BrN5O. The number of benzene rings is 1. The van der Waals surface area contributed by atoms with Gasteiger partial charge < -0.3 is 5.73 Å². The van der Waals surface area contributed by atoms with Gasteiger partial charge in [-0.05, 0) is 36.8 Å². The highest BCUT2D eigenvalue weighted by atomic mass is 79.9. The third-order valence-corrected chi connectivity index (χ3v) is 3.35. The number of rotatable bonds is 6. The van der Waals surface area contributed by atoms with E-state index in [1.807, 2.05) is 36.2 Å². The van der Waals surface area contributed by atoms with Crippen molar-refractivity contribution in [2.45, 2.75) is 13.5 Å². The molecule has 1 amide bonds. The van der Waals surface area contributed by atoms with Gasteiger partial charge in [0.1, 0.15) is 0 Å². The van der Waals surface area contributed by atoms with E-state index in [2.05, 4.69) is 31.6 Å². The number of nitrogens with one attached hydrogen (secondary N) is 1. The molecule has 0 saturated heterocycles. The fraction of sp³-hybridized carbons (Fsp3) is 0.214. The van der Waals surface area contributed by atoms with Gasteiger partial charge in [0.25, 0.3) is 5.91 Å². The summed E-state index contributed by atoms with van der Waals surface area (Å²) in [6.07, 6.45) is 0. The van der Waals surface area contributed by atoms with Gasteiger partial charge in [0, 0.05) is 17.6 Å². The molecule has 0 saturated carbocycles. The lowest BCUT2D eigenvalue weighted by atomic mass is 10.2. The number of nitrogens with two attached hydrogens (primary N) is 1. The number of amides is 1. The van der Waals surface area contributed by atoms with Gasteiger partial charge in [0.15, 0.2) is 11.5 Å². The smallest absolute Gasteiger partial charge is 0.269 e. The second-order valence-corrected chi connectivity index (χ2v) is 5.27. The van der Waals surface area contributed by atoms with Crippen LogP contribution in [0.5, 0.6) is 0 Å². The Morgan fingerprint density at radius 3 is 2.71 bits per heavy atom. The zero-order chi connectivity index (χ0) is 15.2. The van der Waals surface area contributed by atoms with E-state index in [1.165, 1.54) is 0 Å². The van der Waals surface area contributed by atoms with Crippen LogP contribution in [-0.2, 0) is 6.54 Å². The highest BCUT2D eigenvalue weighted by molar-refractivity contribution is 9.10. The highest BCUT2D eigenvalue weighted by Gasteiger charge is 2.08. The van der Waals surface area contributed by atoms with Gasteiger partial charge in [-0.25, -0.2) is 5.43 Å². The Morgan fingerprint density at radius 1 is 1.33 bits per heavy atom. The molecule has 0 fully saturated rings. The number of halogens is 1. The fourth-order valence-electron chi connectivity index (χ4n) is 1.79. The number of primary amides is 1. The maximum atomic E-state index is 11.0. The molecular weight excluding hydrogens is 334 g/mol. The largest absolute Gasteiger partial charge is 0.364 e. The SMILES string of the molecule is CCN(NCc1cccc(Br)c1)c1ccc(C(N)=O)nn1. The number of hydrogen-bond acceptors (Lipinski definition) is 5. The van der Waals surface area contributed by atoms with E-state index in [9.17, 15) is 4.79 Å². The molecule has 0 aliphatic rings. The molecule has 0 unspecified atom stereocenters. The number of hydrazine groups is 1. The molecule has 1 heterocycles. The molecule has 0 atom stereocenters. The van der Waals surface area contributed by atoms with Crippen LogP contribution in [0.25, 0.3) is 0 Å². The van der Waals surface area contributed by atoms with Gasteiger partial charge in [-0.2, -0.15) is 0 Å². The summed E-state index contributed by atoms with van der Waals surface area (Å²) in [6, 6.07) is 11.3. The lowest BCUT2D eigenvalue weighted by Crippen LogP contribution is -2.38. The van der Waals surface area contributed by atoms with Crippen molar-refractivity contribution < 1.29 is 4.79 Å². The predicted octanol–water partition coefficient (Wildman–Crippen LogP) is 1.87. The molecule has 2 aromatic rings. The molecule has 0 aliphatic heterocycles. The van der Waals surface area contributed by atoms with E-state index in [-0.39, 0.29) is 5.69 Å². The van der Waals surface area contributed by atoms with Crippen LogP contribution >= 0.6 is 15.9 Å². The molecule has 1 aromatic carbocycles. The van der Waals surface area contributed by atoms with Crippen LogP contribution in [0, 0.1) is 0 Å². The number of hydrogen-bond donors (Lipinski definition) is 2. The lowest BCUT2D eigenvalue weighted by Gasteiger charge is -2.22. The normalized spacial score (nSPS) is 10.4. The minimum Gasteiger partial charge on any atom is -0.364 e. The summed E-state index contributed by atoms with van der Waals surface area (Å²) < 4.78 is 1.04. The first-order chi connectivity index (χ1) is 10.1. The standard InChI is InChI=1S/C14H16BrN5O/c1-2-20(13-7-6-12(14(16)21)18-19-13)17-9-10-4-3-5-11(15)8-10/h3-8,17H,2,9H2,1H3,(H2,16,21). The molecule has 0 spiro atoms. The monoisotopic (exact) mass is 349 g/mol. The first-order valence-electron chi connectivity index (χ1n) is 6.49. The van der Waals surface area contributed by atoms with Gasteiger partial charge >= 0.3 is 0 Å². The van der Waals surface area contributed by atoms with Crippen molar-refractivity contribution in [3.8, 4) is 0 Å². The summed E-state index contributed by atoms with van der Waals surface area (Å²) in [5.41, 5.74) is 9.72. The van der Waals surface area contributed by atoms with Crippen LogP contribution in [0.4, 0.5) is 5.82 Å². The van der Waals surface area contributed by atoms with E-state index in [0.717, 1.165) is 10.0 Å². The molecule has 110 valence electrons. The number of nitrogens with zero attached hydrogens (tertiary/aromatic N) is 3. The van der Waals surface area contributed by atoms with Gasteiger partial charge in [0.2, 0.25) is 0 Å². The second-order valence-electron chi connectivity index (χ2n) is 4.35. The number of carbonyl (C=O) groups is 1. The summed E-state index contributed by atoms with van der Waals surface area (Å²) in [7, 11) is 0. The Balaban J connectivity index is 2.04. The van der Waals surface area contributed by atoms with Crippen LogP contribution in [0.3, 0.4) is 0 Å². The predicted molar refractivity (Wildman–Crippen MR) is 84.6 cm³/mol. The minimum absolute atomic E-state index is 0.154. The second kappa shape index (κ2) is 7.14. The third kappa shape index (κ3) is 4.24. The summed E-state index contributed by atoms with van der Waals surface area (Å²) in [5.74, 6) is 0.0525. The molecule has 0 radical (unpaired) electrons. The molecule has 0 aliphatic carbocycles.